The molecule has 122 valence electrons. The molecule has 3 rings (SSSR count). The molecule has 2 aromatic carbocycles. The van der Waals surface area contributed by atoms with Crippen LogP contribution in [0.4, 0.5) is 0 Å². The molecule has 24 heavy (non-hydrogen) atoms. The normalized spacial score (nSPS) is 11.9. The maximum Gasteiger partial charge on any atom is 0.251 e. The first-order valence-corrected chi connectivity index (χ1v) is 8.82. The number of amides is 1. The molecular formula is C20H19NO2S. The average molecular weight is 337 g/mol. The van der Waals surface area contributed by atoms with Gasteiger partial charge in [-0.25, -0.2) is 0 Å². The van der Waals surface area contributed by atoms with Crippen LogP contribution in [0.25, 0.3) is 11.1 Å². The second-order valence-electron chi connectivity index (χ2n) is 5.56. The van der Waals surface area contributed by atoms with Gasteiger partial charge in [-0.3, -0.25) is 4.79 Å². The van der Waals surface area contributed by atoms with E-state index in [4.69, 9.17) is 0 Å². The van der Waals surface area contributed by atoms with Crippen LogP contribution < -0.4 is 5.32 Å². The zero-order chi connectivity index (χ0) is 16.8. The van der Waals surface area contributed by atoms with Gasteiger partial charge in [0.2, 0.25) is 0 Å². The smallest absolute Gasteiger partial charge is 0.251 e. The molecule has 2 N–H and O–H groups in total. The van der Waals surface area contributed by atoms with Crippen molar-refractivity contribution in [2.45, 2.75) is 12.5 Å². The fourth-order valence-electron chi connectivity index (χ4n) is 2.50. The third-order valence-corrected chi connectivity index (χ3v) is 4.59. The van der Waals surface area contributed by atoms with Crippen molar-refractivity contribution in [2.75, 3.05) is 6.54 Å². The Balaban J connectivity index is 1.54. The Morgan fingerprint density at radius 1 is 1.00 bits per heavy atom. The zero-order valence-corrected chi connectivity index (χ0v) is 14.0. The lowest BCUT2D eigenvalue weighted by Crippen LogP contribution is -2.25. The lowest BCUT2D eigenvalue weighted by atomic mass is 10.0. The molecule has 1 amide bonds. The molecule has 0 aliphatic carbocycles. The first-order chi connectivity index (χ1) is 11.7. The summed E-state index contributed by atoms with van der Waals surface area (Å²) in [6, 6.07) is 19.5. The van der Waals surface area contributed by atoms with Crippen molar-refractivity contribution < 1.29 is 9.90 Å². The predicted molar refractivity (Wildman–Crippen MR) is 98.1 cm³/mol. The lowest BCUT2D eigenvalue weighted by molar-refractivity contribution is 0.0942. The number of hydrogen-bond donors (Lipinski definition) is 2. The van der Waals surface area contributed by atoms with E-state index in [9.17, 15) is 9.90 Å². The number of nitrogens with one attached hydrogen (secondary N) is 1. The predicted octanol–water partition coefficient (Wildman–Crippen LogP) is 4.27. The summed E-state index contributed by atoms with van der Waals surface area (Å²) in [5, 5.41) is 16.7. The van der Waals surface area contributed by atoms with Crippen LogP contribution in [-0.4, -0.2) is 17.6 Å². The number of thiophene rings is 1. The monoisotopic (exact) mass is 337 g/mol. The number of carbonyl (C=O) groups is 1. The van der Waals surface area contributed by atoms with E-state index in [0.29, 0.717) is 18.5 Å². The molecule has 0 bridgehead atoms. The van der Waals surface area contributed by atoms with Crippen LogP contribution in [0.2, 0.25) is 0 Å². The van der Waals surface area contributed by atoms with Crippen molar-refractivity contribution in [1.82, 2.24) is 5.32 Å². The van der Waals surface area contributed by atoms with E-state index < -0.39 is 6.10 Å². The highest BCUT2D eigenvalue weighted by atomic mass is 32.1. The molecule has 0 saturated heterocycles. The van der Waals surface area contributed by atoms with Crippen LogP contribution in [0.5, 0.6) is 0 Å². The molecular weight excluding hydrogens is 318 g/mol. The highest BCUT2D eigenvalue weighted by Crippen LogP contribution is 2.20. The third-order valence-electron chi connectivity index (χ3n) is 3.89. The van der Waals surface area contributed by atoms with Crippen molar-refractivity contribution in [2.24, 2.45) is 0 Å². The minimum Gasteiger partial charge on any atom is -0.388 e. The van der Waals surface area contributed by atoms with E-state index in [-0.39, 0.29) is 5.91 Å². The Bertz CT molecular complexity index is 767. The molecule has 0 aliphatic rings. The third kappa shape index (κ3) is 4.10. The maximum absolute atomic E-state index is 12.2. The minimum absolute atomic E-state index is 0.118. The van der Waals surface area contributed by atoms with Gasteiger partial charge in [0.1, 0.15) is 0 Å². The number of benzene rings is 2. The zero-order valence-electron chi connectivity index (χ0n) is 13.2. The molecule has 0 aliphatic heterocycles. The fourth-order valence-corrected chi connectivity index (χ4v) is 3.21. The van der Waals surface area contributed by atoms with Gasteiger partial charge in [0.05, 0.1) is 6.10 Å². The summed E-state index contributed by atoms with van der Waals surface area (Å²) in [7, 11) is 0. The largest absolute Gasteiger partial charge is 0.388 e. The van der Waals surface area contributed by atoms with Gasteiger partial charge in [-0.15, -0.1) is 0 Å². The molecule has 1 aromatic heterocycles. The molecule has 0 spiro atoms. The van der Waals surface area contributed by atoms with Crippen molar-refractivity contribution in [3.63, 3.8) is 0 Å². The quantitative estimate of drug-likeness (QED) is 0.706. The first kappa shape index (κ1) is 16.4. The Morgan fingerprint density at radius 3 is 2.38 bits per heavy atom. The molecule has 3 nitrogen and oxygen atoms in total. The summed E-state index contributed by atoms with van der Waals surface area (Å²) in [5.74, 6) is -0.118. The van der Waals surface area contributed by atoms with Gasteiger partial charge in [0.15, 0.2) is 0 Å². The molecule has 0 saturated carbocycles. The Kier molecular flexibility index (Phi) is 5.41. The topological polar surface area (TPSA) is 49.3 Å². The summed E-state index contributed by atoms with van der Waals surface area (Å²) >= 11 is 1.56. The standard InChI is InChI=1S/C20H19NO2S/c22-19(18-11-13-24-14-18)10-12-21-20(23)17-8-6-16(7-9-17)15-4-2-1-3-5-15/h1-9,11,13-14,19,22H,10,12H2,(H,21,23). The molecule has 0 fully saturated rings. The molecule has 1 heterocycles. The van der Waals surface area contributed by atoms with Gasteiger partial charge in [0.25, 0.3) is 5.91 Å². The van der Waals surface area contributed by atoms with Crippen LogP contribution >= 0.6 is 11.3 Å². The van der Waals surface area contributed by atoms with Crippen LogP contribution in [-0.2, 0) is 0 Å². The van der Waals surface area contributed by atoms with Crippen molar-refractivity contribution in [1.29, 1.82) is 0 Å². The number of aliphatic hydroxyl groups excluding tert-OH is 1. The molecule has 3 aromatic rings. The van der Waals surface area contributed by atoms with Gasteiger partial charge in [-0.05, 0) is 52.1 Å². The highest BCUT2D eigenvalue weighted by Gasteiger charge is 2.10. The SMILES string of the molecule is O=C(NCCC(O)c1ccsc1)c1ccc(-c2ccccc2)cc1. The van der Waals surface area contributed by atoms with E-state index in [1.54, 1.807) is 11.3 Å². The van der Waals surface area contributed by atoms with E-state index >= 15 is 0 Å². The summed E-state index contributed by atoms with van der Waals surface area (Å²) in [6.45, 7) is 0.441. The van der Waals surface area contributed by atoms with Crippen LogP contribution in [0.1, 0.15) is 28.4 Å². The van der Waals surface area contributed by atoms with E-state index in [1.807, 2.05) is 71.4 Å². The second kappa shape index (κ2) is 7.90. The van der Waals surface area contributed by atoms with Gasteiger partial charge >= 0.3 is 0 Å². The summed E-state index contributed by atoms with van der Waals surface area (Å²) in [5.41, 5.74) is 3.74. The summed E-state index contributed by atoms with van der Waals surface area (Å²) in [4.78, 5) is 12.2. The van der Waals surface area contributed by atoms with Crippen molar-refractivity contribution in [3.8, 4) is 11.1 Å². The first-order valence-electron chi connectivity index (χ1n) is 7.88. The molecule has 1 atom stereocenters. The maximum atomic E-state index is 12.2. The fraction of sp³-hybridized carbons (Fsp3) is 0.150. The van der Waals surface area contributed by atoms with E-state index in [2.05, 4.69) is 5.32 Å². The Labute approximate surface area is 145 Å². The van der Waals surface area contributed by atoms with Crippen LogP contribution in [0, 0.1) is 0 Å². The average Bonchev–Trinajstić information content (AvgIpc) is 3.17. The van der Waals surface area contributed by atoms with E-state index in [0.717, 1.165) is 16.7 Å². The summed E-state index contributed by atoms with van der Waals surface area (Å²) in [6.07, 6.45) is -0.0260. The Hall–Kier alpha value is -2.43. The summed E-state index contributed by atoms with van der Waals surface area (Å²) < 4.78 is 0. The van der Waals surface area contributed by atoms with Gasteiger partial charge in [0, 0.05) is 12.1 Å². The minimum atomic E-state index is -0.531. The van der Waals surface area contributed by atoms with Gasteiger partial charge in [-0.1, -0.05) is 42.5 Å². The number of aliphatic hydroxyl groups is 1. The van der Waals surface area contributed by atoms with Crippen LogP contribution in [0.3, 0.4) is 0 Å². The van der Waals surface area contributed by atoms with Gasteiger partial charge in [-0.2, -0.15) is 11.3 Å². The highest BCUT2D eigenvalue weighted by molar-refractivity contribution is 7.07. The Morgan fingerprint density at radius 2 is 1.71 bits per heavy atom. The van der Waals surface area contributed by atoms with Gasteiger partial charge < -0.3 is 10.4 Å². The van der Waals surface area contributed by atoms with Crippen LogP contribution in [0.15, 0.2) is 71.4 Å². The van der Waals surface area contributed by atoms with Crippen molar-refractivity contribution in [3.05, 3.63) is 82.6 Å². The molecule has 1 unspecified atom stereocenters. The number of rotatable bonds is 6. The lowest BCUT2D eigenvalue weighted by Gasteiger charge is -2.10. The second-order valence-corrected chi connectivity index (χ2v) is 6.34. The van der Waals surface area contributed by atoms with E-state index in [1.165, 1.54) is 0 Å². The molecule has 0 radical (unpaired) electrons. The number of hydrogen-bond acceptors (Lipinski definition) is 3. The van der Waals surface area contributed by atoms with Crippen molar-refractivity contribution >= 4 is 17.2 Å². The number of carbonyl (C=O) groups excluding carboxylic acids is 1. The molecule has 4 heteroatoms.